The minimum Gasteiger partial charge on any atom is -0.396 e. The van der Waals surface area contributed by atoms with Gasteiger partial charge in [-0.3, -0.25) is 4.79 Å². The number of hydrogen-bond donors (Lipinski definition) is 3. The molecule has 0 aliphatic carbocycles. The summed E-state index contributed by atoms with van der Waals surface area (Å²) in [5.74, 6) is -0.198. The number of nitrogens with zero attached hydrogens (tertiary/aromatic N) is 2. The molecule has 0 bridgehead atoms. The van der Waals surface area contributed by atoms with E-state index in [2.05, 4.69) is 16.3 Å². The Bertz CT molecular complexity index is 554. The van der Waals surface area contributed by atoms with Gasteiger partial charge >= 0.3 is 0 Å². The van der Waals surface area contributed by atoms with Crippen molar-refractivity contribution in [3.05, 3.63) is 10.4 Å². The van der Waals surface area contributed by atoms with Crippen molar-refractivity contribution in [2.45, 2.75) is 32.2 Å². The van der Waals surface area contributed by atoms with Crippen LogP contribution in [0, 0.1) is 11.3 Å². The van der Waals surface area contributed by atoms with Gasteiger partial charge in [0.1, 0.15) is 21.5 Å². The van der Waals surface area contributed by atoms with Gasteiger partial charge in [0.25, 0.3) is 5.91 Å². The second-order valence-corrected chi connectivity index (χ2v) is 6.22. The number of piperidine rings is 1. The fraction of sp³-hybridized carbons (Fsp3) is 0.571. The molecule has 2 heterocycles. The number of carbonyl (C=O) groups is 1. The second kappa shape index (κ2) is 6.78. The van der Waals surface area contributed by atoms with E-state index in [1.807, 2.05) is 6.92 Å². The predicted molar refractivity (Wildman–Crippen MR) is 85.5 cm³/mol. The van der Waals surface area contributed by atoms with Crippen LogP contribution in [0.2, 0.25) is 0 Å². The molecular weight excluding hydrogens is 286 g/mol. The van der Waals surface area contributed by atoms with Crippen molar-refractivity contribution in [2.24, 2.45) is 5.73 Å². The number of thiophene rings is 1. The average Bonchev–Trinajstić information content (AvgIpc) is 2.82. The Kier molecular flexibility index (Phi) is 5.04. The van der Waals surface area contributed by atoms with E-state index in [9.17, 15) is 10.1 Å². The number of nitriles is 1. The van der Waals surface area contributed by atoms with Crippen molar-refractivity contribution in [3.63, 3.8) is 0 Å². The van der Waals surface area contributed by atoms with E-state index in [1.165, 1.54) is 11.3 Å². The quantitative estimate of drug-likeness (QED) is 0.776. The monoisotopic (exact) mass is 307 g/mol. The molecule has 0 aromatic carbocycles. The summed E-state index contributed by atoms with van der Waals surface area (Å²) < 4.78 is 0. The molecule has 6 nitrogen and oxygen atoms in total. The molecule has 21 heavy (non-hydrogen) atoms. The summed E-state index contributed by atoms with van der Waals surface area (Å²) in [4.78, 5) is 14.7. The maximum Gasteiger partial charge on any atom is 0.263 e. The van der Waals surface area contributed by atoms with E-state index in [0.29, 0.717) is 22.7 Å². The molecule has 2 rings (SSSR count). The summed E-state index contributed by atoms with van der Waals surface area (Å²) in [5, 5.41) is 12.9. The van der Waals surface area contributed by atoms with Crippen LogP contribution in [-0.2, 0) is 0 Å². The molecule has 0 radical (unpaired) electrons. The number of rotatable bonds is 4. The van der Waals surface area contributed by atoms with Crippen LogP contribution in [0.1, 0.15) is 41.4 Å². The summed E-state index contributed by atoms with van der Waals surface area (Å²) in [6, 6.07) is 2.36. The van der Waals surface area contributed by atoms with Crippen LogP contribution in [0.25, 0.3) is 0 Å². The Morgan fingerprint density at radius 2 is 2.19 bits per heavy atom. The number of carbonyl (C=O) groups excluding carboxylic acids is 1. The SMILES string of the molecule is CCCNC(=O)c1sc(N2CCC(N)CC2)c(C#N)c1N. The Morgan fingerprint density at radius 1 is 1.52 bits per heavy atom. The lowest BCUT2D eigenvalue weighted by Crippen LogP contribution is -2.39. The zero-order valence-electron chi connectivity index (χ0n) is 12.2. The highest BCUT2D eigenvalue weighted by molar-refractivity contribution is 7.19. The molecule has 1 amide bonds. The first-order valence-electron chi connectivity index (χ1n) is 7.19. The van der Waals surface area contributed by atoms with Crippen LogP contribution in [0.5, 0.6) is 0 Å². The van der Waals surface area contributed by atoms with Crippen LogP contribution in [0.3, 0.4) is 0 Å². The molecule has 0 atom stereocenters. The molecule has 0 spiro atoms. The molecule has 0 saturated carbocycles. The largest absolute Gasteiger partial charge is 0.396 e. The molecule has 7 heteroatoms. The highest BCUT2D eigenvalue weighted by Crippen LogP contribution is 2.38. The standard InChI is InChI=1S/C14H21N5OS/c1-2-5-18-13(20)12-11(17)10(8-15)14(21-12)19-6-3-9(16)4-7-19/h9H,2-7,16-17H2,1H3,(H,18,20). The lowest BCUT2D eigenvalue weighted by Gasteiger charge is -2.31. The molecule has 0 unspecified atom stereocenters. The second-order valence-electron chi connectivity index (χ2n) is 5.22. The Balaban J connectivity index is 2.26. The van der Waals surface area contributed by atoms with E-state index in [4.69, 9.17) is 11.5 Å². The third kappa shape index (κ3) is 3.28. The fourth-order valence-corrected chi connectivity index (χ4v) is 3.49. The molecule has 5 N–H and O–H groups in total. The van der Waals surface area contributed by atoms with Gasteiger partial charge in [0.2, 0.25) is 0 Å². The van der Waals surface area contributed by atoms with E-state index in [1.54, 1.807) is 0 Å². The normalized spacial score (nSPS) is 15.8. The zero-order chi connectivity index (χ0) is 15.4. The smallest absolute Gasteiger partial charge is 0.263 e. The van der Waals surface area contributed by atoms with Gasteiger partial charge in [-0.05, 0) is 19.3 Å². The molecular formula is C14H21N5OS. The van der Waals surface area contributed by atoms with Crippen molar-refractivity contribution in [1.29, 1.82) is 5.26 Å². The van der Waals surface area contributed by atoms with E-state index >= 15 is 0 Å². The van der Waals surface area contributed by atoms with Crippen LogP contribution >= 0.6 is 11.3 Å². The summed E-state index contributed by atoms with van der Waals surface area (Å²) in [6.07, 6.45) is 2.64. The number of anilines is 2. The van der Waals surface area contributed by atoms with Crippen molar-refractivity contribution in [1.82, 2.24) is 5.32 Å². The number of nitrogens with one attached hydrogen (secondary N) is 1. The molecule has 1 aromatic rings. The van der Waals surface area contributed by atoms with Gasteiger partial charge in [0.15, 0.2) is 0 Å². The van der Waals surface area contributed by atoms with Crippen LogP contribution in [-0.4, -0.2) is 31.6 Å². The minimum absolute atomic E-state index is 0.198. The van der Waals surface area contributed by atoms with Crippen molar-refractivity contribution in [2.75, 3.05) is 30.3 Å². The summed E-state index contributed by atoms with van der Waals surface area (Å²) >= 11 is 1.30. The van der Waals surface area contributed by atoms with Gasteiger partial charge in [-0.25, -0.2) is 0 Å². The van der Waals surface area contributed by atoms with Gasteiger partial charge in [-0.2, -0.15) is 5.26 Å². The summed E-state index contributed by atoms with van der Waals surface area (Å²) in [5.41, 5.74) is 12.6. The van der Waals surface area contributed by atoms with E-state index in [-0.39, 0.29) is 11.9 Å². The van der Waals surface area contributed by atoms with Crippen LogP contribution in [0.4, 0.5) is 10.7 Å². The lowest BCUT2D eigenvalue weighted by atomic mass is 10.1. The van der Waals surface area contributed by atoms with E-state index in [0.717, 1.165) is 37.4 Å². The molecule has 1 fully saturated rings. The van der Waals surface area contributed by atoms with Gasteiger partial charge in [-0.15, -0.1) is 11.3 Å². The molecule has 114 valence electrons. The highest BCUT2D eigenvalue weighted by atomic mass is 32.1. The lowest BCUT2D eigenvalue weighted by molar-refractivity contribution is 0.0958. The molecule has 1 aliphatic rings. The van der Waals surface area contributed by atoms with Crippen molar-refractivity contribution >= 4 is 27.9 Å². The number of nitrogen functional groups attached to an aromatic ring is 1. The Hall–Kier alpha value is -1.78. The van der Waals surface area contributed by atoms with Crippen molar-refractivity contribution < 1.29 is 4.79 Å². The molecule has 1 aromatic heterocycles. The first-order valence-corrected chi connectivity index (χ1v) is 8.01. The van der Waals surface area contributed by atoms with Gasteiger partial charge in [-0.1, -0.05) is 6.92 Å². The maximum absolute atomic E-state index is 12.1. The third-order valence-electron chi connectivity index (χ3n) is 3.61. The number of nitrogens with two attached hydrogens (primary N) is 2. The van der Waals surface area contributed by atoms with Crippen LogP contribution in [0.15, 0.2) is 0 Å². The van der Waals surface area contributed by atoms with Crippen molar-refractivity contribution in [3.8, 4) is 6.07 Å². The number of hydrogen-bond acceptors (Lipinski definition) is 6. The summed E-state index contributed by atoms with van der Waals surface area (Å²) in [6.45, 7) is 4.19. The predicted octanol–water partition coefficient (Wildman–Crippen LogP) is 1.27. The zero-order valence-corrected chi connectivity index (χ0v) is 13.0. The van der Waals surface area contributed by atoms with Gasteiger partial charge < -0.3 is 21.7 Å². The molecule has 1 saturated heterocycles. The minimum atomic E-state index is -0.198. The first kappa shape index (κ1) is 15.6. The Morgan fingerprint density at radius 3 is 2.76 bits per heavy atom. The summed E-state index contributed by atoms with van der Waals surface area (Å²) in [7, 11) is 0. The van der Waals surface area contributed by atoms with E-state index < -0.39 is 0 Å². The van der Waals surface area contributed by atoms with Crippen LogP contribution < -0.4 is 21.7 Å². The fourth-order valence-electron chi connectivity index (χ4n) is 2.35. The highest BCUT2D eigenvalue weighted by Gasteiger charge is 2.26. The molecule has 1 aliphatic heterocycles. The maximum atomic E-state index is 12.1. The first-order chi connectivity index (χ1) is 10.1. The topological polar surface area (TPSA) is 108 Å². The van der Waals surface area contributed by atoms with Gasteiger partial charge in [0, 0.05) is 25.7 Å². The number of amides is 1. The van der Waals surface area contributed by atoms with Gasteiger partial charge in [0.05, 0.1) is 5.69 Å². The average molecular weight is 307 g/mol. The third-order valence-corrected chi connectivity index (χ3v) is 4.87. The Labute approximate surface area is 128 Å².